The van der Waals surface area contributed by atoms with Gasteiger partial charge in [0.1, 0.15) is 0 Å². The first-order valence-electron chi connectivity index (χ1n) is 4.64. The van der Waals surface area contributed by atoms with Crippen LogP contribution in [0.1, 0.15) is 20.3 Å². The Morgan fingerprint density at radius 2 is 1.39 bits per heavy atom. The zero-order valence-corrected chi connectivity index (χ0v) is 9.05. The predicted molar refractivity (Wildman–Crippen MR) is 40.7 cm³/mol. The number of hydrogen-bond acceptors (Lipinski definition) is 2. The summed E-state index contributed by atoms with van der Waals surface area (Å²) in [6.07, 6.45) is -7.46. The Hall–Kier alpha value is -0.640. The van der Waals surface area contributed by atoms with E-state index in [4.69, 9.17) is 0 Å². The fraction of sp³-hybridized carbons (Fsp3) is 1.00. The number of halogens is 8. The van der Waals surface area contributed by atoms with Gasteiger partial charge < -0.3 is 0 Å². The summed E-state index contributed by atoms with van der Waals surface area (Å²) in [6, 6.07) is -5.26. The second kappa shape index (κ2) is 3.69. The maximum Gasteiger partial charge on any atom is 0.462 e. The second-order valence-electron chi connectivity index (χ2n) is 3.81. The van der Waals surface area contributed by atoms with E-state index in [9.17, 15) is 35.1 Å². The summed E-state index contributed by atoms with van der Waals surface area (Å²) in [5.41, 5.74) is 0. The van der Waals surface area contributed by atoms with E-state index in [-0.39, 0.29) is 6.92 Å². The van der Waals surface area contributed by atoms with E-state index in [1.54, 1.807) is 0 Å². The number of rotatable bonds is 2. The summed E-state index contributed by atoms with van der Waals surface area (Å²) >= 11 is 0. The van der Waals surface area contributed by atoms with Crippen LogP contribution in [0.5, 0.6) is 0 Å². The van der Waals surface area contributed by atoms with Crippen molar-refractivity contribution in [2.24, 2.45) is 0 Å². The van der Waals surface area contributed by atoms with E-state index in [2.05, 4.69) is 9.47 Å². The predicted octanol–water partition coefficient (Wildman–Crippen LogP) is 3.62. The van der Waals surface area contributed by atoms with Crippen molar-refractivity contribution in [3.8, 4) is 0 Å². The zero-order chi connectivity index (χ0) is 14.6. The fourth-order valence-electron chi connectivity index (χ4n) is 1.33. The summed E-state index contributed by atoms with van der Waals surface area (Å²) in [6.45, 7) is 1.02. The van der Waals surface area contributed by atoms with Gasteiger partial charge in [0.05, 0.1) is 0 Å². The van der Waals surface area contributed by atoms with Crippen molar-refractivity contribution in [2.45, 2.75) is 50.1 Å². The Kier molecular flexibility index (Phi) is 3.16. The molecule has 0 radical (unpaired) electrons. The highest BCUT2D eigenvalue weighted by molar-refractivity contribution is 4.98. The normalized spacial score (nSPS) is 42.3. The van der Waals surface area contributed by atoms with Crippen LogP contribution in [0.15, 0.2) is 0 Å². The third-order valence-electron chi connectivity index (χ3n) is 2.47. The van der Waals surface area contributed by atoms with Gasteiger partial charge in [-0.25, -0.2) is 8.78 Å². The Morgan fingerprint density at radius 3 is 1.67 bits per heavy atom. The van der Waals surface area contributed by atoms with Gasteiger partial charge in [-0.1, -0.05) is 6.92 Å². The molecule has 1 heterocycles. The molecule has 1 saturated heterocycles. The third kappa shape index (κ3) is 1.85. The van der Waals surface area contributed by atoms with Gasteiger partial charge in [0.15, 0.2) is 0 Å². The molecule has 18 heavy (non-hydrogen) atoms. The quantitative estimate of drug-likeness (QED) is 0.723. The molecular weight excluding hydrogens is 280 g/mol. The Bertz CT molecular complexity index is 340. The van der Waals surface area contributed by atoms with Gasteiger partial charge in [-0.05, 0) is 0 Å². The van der Waals surface area contributed by atoms with Gasteiger partial charge in [0.2, 0.25) is 0 Å². The lowest BCUT2D eigenvalue weighted by Gasteiger charge is -2.29. The molecule has 108 valence electrons. The van der Waals surface area contributed by atoms with Crippen molar-refractivity contribution < 1.29 is 44.6 Å². The van der Waals surface area contributed by atoms with Crippen LogP contribution in [0.3, 0.4) is 0 Å². The van der Waals surface area contributed by atoms with Gasteiger partial charge in [-0.3, -0.25) is 9.47 Å². The highest BCUT2D eigenvalue weighted by Crippen LogP contribution is 2.57. The van der Waals surface area contributed by atoms with Crippen LogP contribution in [0.2, 0.25) is 0 Å². The summed E-state index contributed by atoms with van der Waals surface area (Å²) in [7, 11) is 0. The van der Waals surface area contributed by atoms with Crippen LogP contribution in [-0.2, 0) is 9.47 Å². The molecule has 0 N–H and O–H groups in total. The molecular formula is C8H8F8O2. The van der Waals surface area contributed by atoms with Crippen molar-refractivity contribution in [2.75, 3.05) is 0 Å². The second-order valence-corrected chi connectivity index (χ2v) is 3.81. The Labute approximate surface area is 95.8 Å². The molecule has 2 nitrogen and oxygen atoms in total. The summed E-state index contributed by atoms with van der Waals surface area (Å²) < 4.78 is 108. The third-order valence-corrected chi connectivity index (χ3v) is 2.47. The SMILES string of the molecule is CCC1(F)OC(F)(C(F)(F)C(F)(F)F)OC1(C)F. The molecule has 0 amide bonds. The fourth-order valence-corrected chi connectivity index (χ4v) is 1.33. The highest BCUT2D eigenvalue weighted by atomic mass is 19.4. The van der Waals surface area contributed by atoms with Gasteiger partial charge >= 0.3 is 18.1 Å². The molecule has 0 saturated carbocycles. The van der Waals surface area contributed by atoms with Crippen molar-refractivity contribution in [3.63, 3.8) is 0 Å². The average molecular weight is 288 g/mol. The molecule has 0 bridgehead atoms. The van der Waals surface area contributed by atoms with E-state index in [1.165, 1.54) is 0 Å². The summed E-state index contributed by atoms with van der Waals surface area (Å²) in [5, 5.41) is 0. The topological polar surface area (TPSA) is 18.5 Å². The molecule has 10 heteroatoms. The van der Waals surface area contributed by atoms with E-state index in [0.29, 0.717) is 0 Å². The van der Waals surface area contributed by atoms with Crippen LogP contribution >= 0.6 is 0 Å². The number of ether oxygens (including phenoxy) is 2. The van der Waals surface area contributed by atoms with E-state index in [1.807, 2.05) is 0 Å². The van der Waals surface area contributed by atoms with Crippen molar-refractivity contribution in [3.05, 3.63) is 0 Å². The zero-order valence-electron chi connectivity index (χ0n) is 9.05. The minimum Gasteiger partial charge on any atom is -0.276 e. The van der Waals surface area contributed by atoms with E-state index >= 15 is 0 Å². The van der Waals surface area contributed by atoms with Crippen molar-refractivity contribution in [1.29, 1.82) is 0 Å². The molecule has 1 fully saturated rings. The number of hydrogen-bond donors (Lipinski definition) is 0. The Morgan fingerprint density at radius 1 is 0.944 bits per heavy atom. The molecule has 1 rings (SSSR count). The summed E-state index contributed by atoms with van der Waals surface area (Å²) in [4.78, 5) is 0. The molecule has 1 aliphatic rings. The largest absolute Gasteiger partial charge is 0.462 e. The summed E-state index contributed by atoms with van der Waals surface area (Å²) in [5.74, 6) is -13.8. The first-order chi connectivity index (χ1) is 7.72. The molecule has 0 aliphatic carbocycles. The minimum absolute atomic E-state index is 0.157. The smallest absolute Gasteiger partial charge is 0.276 e. The van der Waals surface area contributed by atoms with E-state index < -0.39 is 36.3 Å². The average Bonchev–Trinajstić information content (AvgIpc) is 2.32. The van der Waals surface area contributed by atoms with Crippen LogP contribution in [0.25, 0.3) is 0 Å². The lowest BCUT2D eigenvalue weighted by molar-refractivity contribution is -0.450. The maximum absolute atomic E-state index is 13.6. The Balaban J connectivity index is 3.21. The molecule has 0 aromatic heterocycles. The first-order valence-corrected chi connectivity index (χ1v) is 4.64. The lowest BCUT2D eigenvalue weighted by Crippen LogP contribution is -2.56. The maximum atomic E-state index is 13.6. The van der Waals surface area contributed by atoms with Crippen molar-refractivity contribution in [1.82, 2.24) is 0 Å². The molecule has 0 spiro atoms. The van der Waals surface area contributed by atoms with E-state index in [0.717, 1.165) is 6.92 Å². The van der Waals surface area contributed by atoms with Crippen LogP contribution in [-0.4, -0.2) is 29.8 Å². The molecule has 3 unspecified atom stereocenters. The molecule has 0 aromatic carbocycles. The minimum atomic E-state index is -6.43. The molecule has 1 aliphatic heterocycles. The van der Waals surface area contributed by atoms with Crippen LogP contribution < -0.4 is 0 Å². The standard InChI is InChI=1S/C8H8F8O2/c1-3-5(10)4(2,9)17-8(16,18-5)6(11,12)7(13,14)15/h3H2,1-2H3. The number of alkyl halides is 8. The van der Waals surface area contributed by atoms with Crippen LogP contribution in [0.4, 0.5) is 35.1 Å². The highest BCUT2D eigenvalue weighted by Gasteiger charge is 2.82. The molecule has 0 aromatic rings. The van der Waals surface area contributed by atoms with Gasteiger partial charge in [-0.2, -0.15) is 26.3 Å². The van der Waals surface area contributed by atoms with Gasteiger partial charge in [0.25, 0.3) is 11.7 Å². The molecule has 3 atom stereocenters. The van der Waals surface area contributed by atoms with Gasteiger partial charge in [0, 0.05) is 13.3 Å². The van der Waals surface area contributed by atoms with Gasteiger partial charge in [-0.15, -0.1) is 0 Å². The van der Waals surface area contributed by atoms with Crippen LogP contribution in [0, 0.1) is 0 Å². The lowest BCUT2D eigenvalue weighted by atomic mass is 10.1. The monoisotopic (exact) mass is 288 g/mol. The first kappa shape index (κ1) is 15.4. The van der Waals surface area contributed by atoms with Crippen molar-refractivity contribution >= 4 is 0 Å².